The van der Waals surface area contributed by atoms with Crippen molar-refractivity contribution in [1.29, 1.82) is 0 Å². The lowest BCUT2D eigenvalue weighted by Crippen LogP contribution is -2.08. The lowest BCUT2D eigenvalue weighted by atomic mass is 10.0. The number of phenolic OH excluding ortho intramolecular Hbond substituents is 1. The first-order chi connectivity index (χ1) is 8.11. The molecule has 4 nitrogen and oxygen atoms in total. The SMILES string of the molecule is COC(=O)c1c(O)c(OC)c(Cl)c2c1CCC2. The second-order valence-corrected chi connectivity index (χ2v) is 4.25. The second-order valence-electron chi connectivity index (χ2n) is 3.87. The minimum atomic E-state index is -0.560. The summed E-state index contributed by atoms with van der Waals surface area (Å²) in [4.78, 5) is 11.7. The van der Waals surface area contributed by atoms with Crippen molar-refractivity contribution in [3.05, 3.63) is 21.7 Å². The highest BCUT2D eigenvalue weighted by Crippen LogP contribution is 2.45. The molecule has 0 aromatic heterocycles. The fourth-order valence-electron chi connectivity index (χ4n) is 2.27. The van der Waals surface area contributed by atoms with Gasteiger partial charge in [0.25, 0.3) is 0 Å². The Kier molecular flexibility index (Phi) is 3.15. The van der Waals surface area contributed by atoms with Crippen LogP contribution in [0.3, 0.4) is 0 Å². The van der Waals surface area contributed by atoms with Gasteiger partial charge in [0.1, 0.15) is 5.56 Å². The predicted octanol–water partition coefficient (Wildman–Crippen LogP) is 2.33. The molecule has 0 amide bonds. The molecule has 1 aromatic rings. The van der Waals surface area contributed by atoms with Gasteiger partial charge >= 0.3 is 5.97 Å². The van der Waals surface area contributed by atoms with Crippen LogP contribution in [-0.2, 0) is 17.6 Å². The zero-order chi connectivity index (χ0) is 12.6. The quantitative estimate of drug-likeness (QED) is 0.825. The molecule has 0 atom stereocenters. The first-order valence-electron chi connectivity index (χ1n) is 5.30. The largest absolute Gasteiger partial charge is 0.504 e. The molecule has 1 aliphatic carbocycles. The summed E-state index contributed by atoms with van der Waals surface area (Å²) < 4.78 is 9.73. The molecule has 0 spiro atoms. The van der Waals surface area contributed by atoms with Crippen molar-refractivity contribution in [2.45, 2.75) is 19.3 Å². The fourth-order valence-corrected chi connectivity index (χ4v) is 2.64. The predicted molar refractivity (Wildman–Crippen MR) is 63.0 cm³/mol. The Labute approximate surface area is 104 Å². The van der Waals surface area contributed by atoms with E-state index in [2.05, 4.69) is 4.74 Å². The minimum absolute atomic E-state index is 0.146. The summed E-state index contributed by atoms with van der Waals surface area (Å²) in [7, 11) is 2.69. The van der Waals surface area contributed by atoms with Crippen molar-refractivity contribution in [2.24, 2.45) is 0 Å². The number of methoxy groups -OCH3 is 2. The van der Waals surface area contributed by atoms with Crippen molar-refractivity contribution in [2.75, 3.05) is 14.2 Å². The molecule has 0 heterocycles. The number of carbonyl (C=O) groups is 1. The summed E-state index contributed by atoms with van der Waals surface area (Å²) in [6.07, 6.45) is 2.41. The van der Waals surface area contributed by atoms with Gasteiger partial charge in [0, 0.05) is 0 Å². The molecule has 0 fully saturated rings. The molecule has 0 saturated heterocycles. The number of hydrogen-bond donors (Lipinski definition) is 1. The van der Waals surface area contributed by atoms with Crippen LogP contribution in [0.5, 0.6) is 11.5 Å². The van der Waals surface area contributed by atoms with E-state index in [1.807, 2.05) is 0 Å². The lowest BCUT2D eigenvalue weighted by Gasteiger charge is -2.15. The van der Waals surface area contributed by atoms with E-state index in [1.54, 1.807) is 0 Å². The zero-order valence-electron chi connectivity index (χ0n) is 9.67. The van der Waals surface area contributed by atoms with E-state index in [1.165, 1.54) is 14.2 Å². The summed E-state index contributed by atoms with van der Waals surface area (Å²) in [5.74, 6) is -0.645. The van der Waals surface area contributed by atoms with Crippen LogP contribution in [-0.4, -0.2) is 25.3 Å². The summed E-state index contributed by atoms with van der Waals surface area (Å²) in [5, 5.41) is 10.4. The Hall–Kier alpha value is -1.42. The van der Waals surface area contributed by atoms with Crippen LogP contribution in [0.15, 0.2) is 0 Å². The van der Waals surface area contributed by atoms with E-state index in [0.29, 0.717) is 5.02 Å². The summed E-state index contributed by atoms with van der Waals surface area (Å²) >= 11 is 6.14. The third-order valence-electron chi connectivity index (χ3n) is 3.03. The highest BCUT2D eigenvalue weighted by Gasteiger charge is 2.30. The van der Waals surface area contributed by atoms with Gasteiger partial charge in [-0.05, 0) is 30.4 Å². The number of esters is 1. The molecule has 0 bridgehead atoms. The molecule has 0 radical (unpaired) electrons. The van der Waals surface area contributed by atoms with Gasteiger partial charge in [-0.3, -0.25) is 0 Å². The number of carbonyl (C=O) groups excluding carboxylic acids is 1. The highest BCUT2D eigenvalue weighted by atomic mass is 35.5. The molecular formula is C12H13ClO4. The number of halogens is 1. The van der Waals surface area contributed by atoms with Crippen LogP contribution < -0.4 is 4.74 Å². The maximum atomic E-state index is 11.7. The van der Waals surface area contributed by atoms with Gasteiger partial charge in [-0.25, -0.2) is 4.79 Å². The van der Waals surface area contributed by atoms with Crippen molar-refractivity contribution in [3.8, 4) is 11.5 Å². The van der Waals surface area contributed by atoms with Crippen molar-refractivity contribution < 1.29 is 19.4 Å². The topological polar surface area (TPSA) is 55.8 Å². The summed E-state index contributed by atoms with van der Waals surface area (Å²) in [6.45, 7) is 0. The van der Waals surface area contributed by atoms with E-state index in [9.17, 15) is 9.90 Å². The number of aromatic hydroxyl groups is 1. The standard InChI is InChI=1S/C12H13ClO4/c1-16-11-9(13)7-5-3-4-6(7)8(10(11)14)12(15)17-2/h14H,3-5H2,1-2H3. The first kappa shape index (κ1) is 12.0. The minimum Gasteiger partial charge on any atom is -0.504 e. The average Bonchev–Trinajstić information content (AvgIpc) is 2.78. The van der Waals surface area contributed by atoms with Gasteiger partial charge in [0.05, 0.1) is 19.2 Å². The number of phenols is 1. The maximum absolute atomic E-state index is 11.7. The van der Waals surface area contributed by atoms with Gasteiger partial charge < -0.3 is 14.6 Å². The molecule has 1 aliphatic rings. The number of hydrogen-bond acceptors (Lipinski definition) is 4. The Morgan fingerprint density at radius 1 is 1.29 bits per heavy atom. The molecule has 2 rings (SSSR count). The van der Waals surface area contributed by atoms with E-state index in [-0.39, 0.29) is 17.1 Å². The summed E-state index contributed by atoms with van der Waals surface area (Å²) in [6, 6.07) is 0. The second kappa shape index (κ2) is 4.45. The average molecular weight is 257 g/mol. The number of ether oxygens (including phenoxy) is 2. The maximum Gasteiger partial charge on any atom is 0.342 e. The fraction of sp³-hybridized carbons (Fsp3) is 0.417. The molecule has 92 valence electrons. The van der Waals surface area contributed by atoms with Crippen LogP contribution in [0.2, 0.25) is 5.02 Å². The van der Waals surface area contributed by atoms with Crippen molar-refractivity contribution in [3.63, 3.8) is 0 Å². The lowest BCUT2D eigenvalue weighted by molar-refractivity contribution is 0.0595. The Bertz CT molecular complexity index is 478. The Morgan fingerprint density at radius 2 is 1.94 bits per heavy atom. The zero-order valence-corrected chi connectivity index (χ0v) is 10.4. The van der Waals surface area contributed by atoms with Crippen LogP contribution in [0.4, 0.5) is 0 Å². The van der Waals surface area contributed by atoms with Gasteiger partial charge in [-0.15, -0.1) is 0 Å². The number of rotatable bonds is 2. The van der Waals surface area contributed by atoms with E-state index < -0.39 is 5.97 Å². The van der Waals surface area contributed by atoms with Gasteiger partial charge in [0.15, 0.2) is 11.5 Å². The molecule has 17 heavy (non-hydrogen) atoms. The first-order valence-corrected chi connectivity index (χ1v) is 5.68. The monoisotopic (exact) mass is 256 g/mol. The van der Waals surface area contributed by atoms with Gasteiger partial charge in [0.2, 0.25) is 0 Å². The van der Waals surface area contributed by atoms with Gasteiger partial charge in [-0.2, -0.15) is 0 Å². The van der Waals surface area contributed by atoms with Crippen LogP contribution >= 0.6 is 11.6 Å². The van der Waals surface area contributed by atoms with E-state index in [0.717, 1.165) is 30.4 Å². The van der Waals surface area contributed by atoms with Crippen LogP contribution in [0, 0.1) is 0 Å². The van der Waals surface area contributed by atoms with Crippen molar-refractivity contribution >= 4 is 17.6 Å². The summed E-state index contributed by atoms with van der Waals surface area (Å²) in [5.41, 5.74) is 1.84. The van der Waals surface area contributed by atoms with E-state index in [4.69, 9.17) is 16.3 Å². The third kappa shape index (κ3) is 1.72. The molecule has 5 heteroatoms. The normalized spacial score (nSPS) is 13.4. The van der Waals surface area contributed by atoms with Gasteiger partial charge in [-0.1, -0.05) is 11.6 Å². The molecule has 0 unspecified atom stereocenters. The van der Waals surface area contributed by atoms with E-state index >= 15 is 0 Å². The smallest absolute Gasteiger partial charge is 0.342 e. The molecule has 1 aromatic carbocycles. The number of benzene rings is 1. The Balaban J connectivity index is 2.74. The molecule has 1 N–H and O–H groups in total. The van der Waals surface area contributed by atoms with Crippen LogP contribution in [0.25, 0.3) is 0 Å². The molecule has 0 saturated carbocycles. The third-order valence-corrected chi connectivity index (χ3v) is 3.43. The number of fused-ring (bicyclic) bond motifs is 1. The molecule has 0 aliphatic heterocycles. The molecular weight excluding hydrogens is 244 g/mol. The highest BCUT2D eigenvalue weighted by molar-refractivity contribution is 6.33. The van der Waals surface area contributed by atoms with Crippen molar-refractivity contribution in [1.82, 2.24) is 0 Å². The van der Waals surface area contributed by atoms with Crippen LogP contribution in [0.1, 0.15) is 27.9 Å². The Morgan fingerprint density at radius 3 is 2.53 bits per heavy atom.